The van der Waals surface area contributed by atoms with Gasteiger partial charge in [0.05, 0.1) is 19.2 Å². The highest BCUT2D eigenvalue weighted by Gasteiger charge is 2.41. The molecular weight excluding hydrogens is 490 g/mol. The molecule has 0 aromatic heterocycles. The zero-order chi connectivity index (χ0) is 23.2. The van der Waals surface area contributed by atoms with Gasteiger partial charge in [-0.05, 0) is 42.5 Å². The first-order chi connectivity index (χ1) is 16.0. The Labute approximate surface area is 199 Å². The van der Waals surface area contributed by atoms with Crippen molar-refractivity contribution in [3.05, 3.63) is 88.4 Å². The summed E-state index contributed by atoms with van der Waals surface area (Å²) in [5, 5.41) is 2.62. The van der Waals surface area contributed by atoms with Gasteiger partial charge in [-0.15, -0.1) is 0 Å². The lowest BCUT2D eigenvalue weighted by molar-refractivity contribution is 0.00886. The molecule has 33 heavy (non-hydrogen) atoms. The molecule has 0 spiro atoms. The third kappa shape index (κ3) is 5.46. The predicted octanol–water partition coefficient (Wildman–Crippen LogP) is 4.95. The normalized spacial score (nSPS) is 16.8. The van der Waals surface area contributed by atoms with E-state index in [2.05, 4.69) is 21.2 Å². The monoisotopic (exact) mass is 511 g/mol. The molecule has 1 aliphatic rings. The summed E-state index contributed by atoms with van der Waals surface area (Å²) in [6.45, 7) is 0.463. The minimum Gasteiger partial charge on any atom is -0.497 e. The summed E-state index contributed by atoms with van der Waals surface area (Å²) < 4.78 is 23.2. The van der Waals surface area contributed by atoms with Gasteiger partial charge in [0.15, 0.2) is 6.10 Å². The summed E-state index contributed by atoms with van der Waals surface area (Å²) in [5.74, 6) is 1.38. The van der Waals surface area contributed by atoms with Crippen LogP contribution in [-0.2, 0) is 4.74 Å². The van der Waals surface area contributed by atoms with Crippen molar-refractivity contribution < 1.29 is 28.5 Å². The van der Waals surface area contributed by atoms with Crippen molar-refractivity contribution in [2.75, 3.05) is 20.3 Å². The van der Waals surface area contributed by atoms with Crippen LogP contribution in [0.4, 0.5) is 4.79 Å². The first-order valence-electron chi connectivity index (χ1n) is 10.3. The Bertz CT molecular complexity index is 1140. The van der Waals surface area contributed by atoms with E-state index in [1.807, 2.05) is 30.3 Å². The van der Waals surface area contributed by atoms with E-state index >= 15 is 0 Å². The molecule has 1 N–H and O–H groups in total. The maximum absolute atomic E-state index is 13.3. The highest BCUT2D eigenvalue weighted by atomic mass is 79.9. The fraction of sp³-hybridized carbons (Fsp3) is 0.200. The number of carbonyl (C=O) groups excluding carboxylic acids is 2. The van der Waals surface area contributed by atoms with Gasteiger partial charge in [-0.3, -0.25) is 4.79 Å². The number of Topliss-reactive ketones (excluding diaryl/α,β-unsaturated/α-hetero) is 1. The Kier molecular flexibility index (Phi) is 7.14. The van der Waals surface area contributed by atoms with Gasteiger partial charge in [0, 0.05) is 10.0 Å². The third-order valence-corrected chi connectivity index (χ3v) is 5.53. The number of alkyl carbamates (subject to hydrolysis) is 1. The number of hydrogen-bond donors (Lipinski definition) is 1. The van der Waals surface area contributed by atoms with Crippen LogP contribution in [0, 0.1) is 0 Å². The number of rotatable bonds is 7. The molecule has 0 saturated heterocycles. The maximum atomic E-state index is 13.3. The molecular formula is C25H22BrNO6. The van der Waals surface area contributed by atoms with E-state index in [1.165, 1.54) is 0 Å². The molecule has 3 aromatic carbocycles. The van der Waals surface area contributed by atoms with Crippen LogP contribution in [0.1, 0.15) is 22.0 Å². The van der Waals surface area contributed by atoms with Gasteiger partial charge in [0.1, 0.15) is 23.9 Å². The molecule has 3 aromatic rings. The zero-order valence-corrected chi connectivity index (χ0v) is 19.4. The molecule has 8 heteroatoms. The Hall–Kier alpha value is -3.52. The molecule has 170 valence electrons. The highest BCUT2D eigenvalue weighted by molar-refractivity contribution is 9.10. The number of methoxy groups -OCH3 is 1. The number of benzene rings is 3. The lowest BCUT2D eigenvalue weighted by Crippen LogP contribution is -2.42. The molecule has 1 amide bonds. The van der Waals surface area contributed by atoms with Gasteiger partial charge in [-0.1, -0.05) is 46.3 Å². The van der Waals surface area contributed by atoms with E-state index in [0.717, 1.165) is 4.47 Å². The second-order valence-corrected chi connectivity index (χ2v) is 8.15. The minimum atomic E-state index is -1.17. The van der Waals surface area contributed by atoms with Crippen molar-refractivity contribution >= 4 is 27.8 Å². The number of ether oxygens (including phenoxy) is 4. The molecule has 2 atom stereocenters. The summed E-state index contributed by atoms with van der Waals surface area (Å²) in [4.78, 5) is 25.8. The van der Waals surface area contributed by atoms with E-state index in [4.69, 9.17) is 18.9 Å². The van der Waals surface area contributed by atoms with Crippen molar-refractivity contribution in [1.29, 1.82) is 0 Å². The number of ketones is 1. The molecule has 0 bridgehead atoms. The van der Waals surface area contributed by atoms with Crippen LogP contribution in [0.3, 0.4) is 0 Å². The molecule has 7 nitrogen and oxygen atoms in total. The summed E-state index contributed by atoms with van der Waals surface area (Å²) in [6, 6.07) is 21.5. The standard InChI is InChI=1S/C25H22BrNO6/c1-30-19-9-5-6-16(14-19)23-24(22(28)20-15-17(26)10-11-21(20)32-23)33-25(29)27-12-13-31-18-7-3-2-4-8-18/h2-11,14-15,23-24H,12-13H2,1H3,(H,27,29)/t23-,24+/m0/s1. The van der Waals surface area contributed by atoms with E-state index in [0.29, 0.717) is 28.4 Å². The fourth-order valence-corrected chi connectivity index (χ4v) is 3.82. The van der Waals surface area contributed by atoms with Gasteiger partial charge >= 0.3 is 6.09 Å². The van der Waals surface area contributed by atoms with E-state index in [1.54, 1.807) is 49.6 Å². The number of amides is 1. The van der Waals surface area contributed by atoms with Gasteiger partial charge < -0.3 is 24.3 Å². The third-order valence-electron chi connectivity index (χ3n) is 5.03. The summed E-state index contributed by atoms with van der Waals surface area (Å²) >= 11 is 3.37. The molecule has 1 heterocycles. The van der Waals surface area contributed by atoms with Gasteiger partial charge in [0.2, 0.25) is 11.9 Å². The van der Waals surface area contributed by atoms with E-state index in [-0.39, 0.29) is 18.9 Å². The quantitative estimate of drug-likeness (QED) is 0.452. The van der Waals surface area contributed by atoms with Crippen LogP contribution in [0.5, 0.6) is 17.2 Å². The Morgan fingerprint density at radius 2 is 1.82 bits per heavy atom. The number of halogens is 1. The Balaban J connectivity index is 1.48. The van der Waals surface area contributed by atoms with Crippen LogP contribution in [0.25, 0.3) is 0 Å². The first kappa shape index (κ1) is 22.7. The molecule has 0 saturated carbocycles. The second kappa shape index (κ2) is 10.4. The number of hydrogen-bond acceptors (Lipinski definition) is 6. The Morgan fingerprint density at radius 3 is 2.61 bits per heavy atom. The molecule has 0 unspecified atom stereocenters. The fourth-order valence-electron chi connectivity index (χ4n) is 3.46. The van der Waals surface area contributed by atoms with Crippen LogP contribution in [0.2, 0.25) is 0 Å². The highest BCUT2D eigenvalue weighted by Crippen LogP contribution is 2.38. The van der Waals surface area contributed by atoms with Crippen molar-refractivity contribution in [2.45, 2.75) is 12.2 Å². The second-order valence-electron chi connectivity index (χ2n) is 7.23. The minimum absolute atomic E-state index is 0.210. The van der Waals surface area contributed by atoms with E-state index in [9.17, 15) is 9.59 Å². The maximum Gasteiger partial charge on any atom is 0.408 e. The smallest absolute Gasteiger partial charge is 0.408 e. The zero-order valence-electron chi connectivity index (χ0n) is 17.8. The predicted molar refractivity (Wildman–Crippen MR) is 125 cm³/mol. The van der Waals surface area contributed by atoms with Gasteiger partial charge in [-0.25, -0.2) is 4.79 Å². The molecule has 0 radical (unpaired) electrons. The molecule has 0 fully saturated rings. The van der Waals surface area contributed by atoms with Crippen molar-refractivity contribution in [2.24, 2.45) is 0 Å². The average Bonchev–Trinajstić information content (AvgIpc) is 2.84. The number of para-hydroxylation sites is 1. The lowest BCUT2D eigenvalue weighted by Gasteiger charge is -2.32. The molecule has 4 rings (SSSR count). The largest absolute Gasteiger partial charge is 0.497 e. The summed E-state index contributed by atoms with van der Waals surface area (Å²) in [6.07, 6.45) is -2.73. The van der Waals surface area contributed by atoms with Gasteiger partial charge in [-0.2, -0.15) is 0 Å². The lowest BCUT2D eigenvalue weighted by atomic mass is 9.93. The van der Waals surface area contributed by atoms with Crippen LogP contribution in [0.15, 0.2) is 77.3 Å². The number of fused-ring (bicyclic) bond motifs is 1. The van der Waals surface area contributed by atoms with Gasteiger partial charge in [0.25, 0.3) is 0 Å². The first-order valence-corrected chi connectivity index (χ1v) is 11.1. The summed E-state index contributed by atoms with van der Waals surface area (Å²) in [5.41, 5.74) is 0.996. The van der Waals surface area contributed by atoms with Crippen LogP contribution in [-0.4, -0.2) is 38.2 Å². The van der Waals surface area contributed by atoms with Crippen molar-refractivity contribution in [3.8, 4) is 17.2 Å². The molecule has 1 aliphatic heterocycles. The number of carbonyl (C=O) groups is 2. The van der Waals surface area contributed by atoms with Crippen LogP contribution >= 0.6 is 15.9 Å². The van der Waals surface area contributed by atoms with Crippen molar-refractivity contribution in [3.63, 3.8) is 0 Å². The number of nitrogens with one attached hydrogen (secondary N) is 1. The van der Waals surface area contributed by atoms with E-state index < -0.39 is 18.3 Å². The van der Waals surface area contributed by atoms with Crippen LogP contribution < -0.4 is 19.5 Å². The Morgan fingerprint density at radius 1 is 1.03 bits per heavy atom. The SMILES string of the molecule is COc1cccc([C@@H]2Oc3ccc(Br)cc3C(=O)[C@H]2OC(=O)NCCOc2ccccc2)c1. The summed E-state index contributed by atoms with van der Waals surface area (Å²) in [7, 11) is 1.55. The van der Waals surface area contributed by atoms with Crippen molar-refractivity contribution in [1.82, 2.24) is 5.32 Å². The molecule has 0 aliphatic carbocycles. The average molecular weight is 512 g/mol. The topological polar surface area (TPSA) is 83.1 Å².